The van der Waals surface area contributed by atoms with Crippen molar-refractivity contribution in [1.82, 2.24) is 9.97 Å². The summed E-state index contributed by atoms with van der Waals surface area (Å²) in [5.41, 5.74) is 5.95. The lowest BCUT2D eigenvalue weighted by atomic mass is 9.76. The first-order valence-corrected chi connectivity index (χ1v) is 11.1. The maximum absolute atomic E-state index is 14.3. The van der Waals surface area contributed by atoms with Crippen LogP contribution in [0, 0.1) is 23.1 Å². The molecule has 0 radical (unpaired) electrons. The molecular formula is C24H31FN6O2. The van der Waals surface area contributed by atoms with Gasteiger partial charge in [0, 0.05) is 30.5 Å². The van der Waals surface area contributed by atoms with Crippen LogP contribution in [-0.2, 0) is 0 Å². The van der Waals surface area contributed by atoms with Crippen LogP contribution < -0.4 is 16.0 Å². The number of hydrogen-bond donors (Lipinski definition) is 3. The van der Waals surface area contributed by atoms with Crippen molar-refractivity contribution < 1.29 is 14.3 Å². The fraction of sp³-hybridized carbons (Fsp3) is 0.500. The van der Waals surface area contributed by atoms with E-state index >= 15 is 0 Å². The molecular weight excluding hydrogens is 423 g/mol. The third-order valence-corrected chi connectivity index (χ3v) is 6.29. The Labute approximate surface area is 193 Å². The molecule has 1 amide bonds. The Morgan fingerprint density at radius 2 is 1.94 bits per heavy atom. The SMILES string of the molecule is CC(C)N(c1cc(Nc2ncc(C#N)cc2F)ncc1C(N)=O)C1CCC(C(C)(C)O)CC1. The minimum Gasteiger partial charge on any atom is -0.390 e. The molecule has 0 unspecified atom stereocenters. The van der Waals surface area contributed by atoms with Crippen LogP contribution in [0.1, 0.15) is 69.3 Å². The van der Waals surface area contributed by atoms with Gasteiger partial charge >= 0.3 is 0 Å². The Morgan fingerprint density at radius 3 is 2.45 bits per heavy atom. The zero-order chi connectivity index (χ0) is 24.3. The lowest BCUT2D eigenvalue weighted by Crippen LogP contribution is -2.46. The van der Waals surface area contributed by atoms with Gasteiger partial charge in [0.25, 0.3) is 5.91 Å². The number of halogens is 1. The Kier molecular flexibility index (Phi) is 7.18. The van der Waals surface area contributed by atoms with Crippen LogP contribution in [0.5, 0.6) is 0 Å². The second-order valence-electron chi connectivity index (χ2n) is 9.40. The predicted octanol–water partition coefficient (Wildman–Crippen LogP) is 3.87. The van der Waals surface area contributed by atoms with Crippen molar-refractivity contribution in [2.24, 2.45) is 11.7 Å². The second-order valence-corrected chi connectivity index (χ2v) is 9.40. The molecule has 1 fully saturated rings. The summed E-state index contributed by atoms with van der Waals surface area (Å²) in [5, 5.41) is 22.1. The van der Waals surface area contributed by atoms with Crippen molar-refractivity contribution in [3.05, 3.63) is 41.5 Å². The van der Waals surface area contributed by atoms with Crippen LogP contribution in [0.25, 0.3) is 0 Å². The molecule has 33 heavy (non-hydrogen) atoms. The number of carbonyl (C=O) groups is 1. The van der Waals surface area contributed by atoms with E-state index in [9.17, 15) is 14.3 Å². The highest BCUT2D eigenvalue weighted by Gasteiger charge is 2.35. The van der Waals surface area contributed by atoms with E-state index in [1.54, 1.807) is 6.07 Å². The molecule has 2 aromatic rings. The number of nitrogens with one attached hydrogen (secondary N) is 1. The van der Waals surface area contributed by atoms with Crippen LogP contribution >= 0.6 is 0 Å². The minimum absolute atomic E-state index is 0.0619. The smallest absolute Gasteiger partial charge is 0.252 e. The fourth-order valence-corrected chi connectivity index (χ4v) is 4.59. The molecule has 0 aromatic carbocycles. The number of nitriles is 1. The normalized spacial score (nSPS) is 18.6. The average Bonchev–Trinajstić information content (AvgIpc) is 2.75. The van der Waals surface area contributed by atoms with Gasteiger partial charge in [-0.25, -0.2) is 14.4 Å². The molecule has 0 atom stereocenters. The topological polar surface area (TPSA) is 128 Å². The largest absolute Gasteiger partial charge is 0.390 e. The van der Waals surface area contributed by atoms with Crippen molar-refractivity contribution >= 4 is 23.2 Å². The minimum atomic E-state index is -0.724. The number of rotatable bonds is 7. The van der Waals surface area contributed by atoms with Gasteiger partial charge in [0.05, 0.1) is 22.4 Å². The molecule has 3 rings (SSSR count). The fourth-order valence-electron chi connectivity index (χ4n) is 4.59. The van der Waals surface area contributed by atoms with Crippen molar-refractivity contribution in [3.63, 3.8) is 0 Å². The quantitative estimate of drug-likeness (QED) is 0.579. The van der Waals surface area contributed by atoms with Crippen LogP contribution in [0.4, 0.5) is 21.7 Å². The number of carbonyl (C=O) groups excluding carboxylic acids is 1. The maximum atomic E-state index is 14.3. The summed E-state index contributed by atoms with van der Waals surface area (Å²) >= 11 is 0. The van der Waals surface area contributed by atoms with E-state index in [0.29, 0.717) is 11.5 Å². The van der Waals surface area contributed by atoms with E-state index in [-0.39, 0.29) is 34.9 Å². The molecule has 1 aliphatic rings. The molecule has 8 nitrogen and oxygen atoms in total. The lowest BCUT2D eigenvalue weighted by molar-refractivity contribution is -0.00176. The maximum Gasteiger partial charge on any atom is 0.252 e. The zero-order valence-electron chi connectivity index (χ0n) is 19.5. The highest BCUT2D eigenvalue weighted by atomic mass is 19.1. The molecule has 0 spiro atoms. The number of nitrogens with zero attached hydrogens (tertiary/aromatic N) is 4. The first-order chi connectivity index (χ1) is 15.5. The average molecular weight is 455 g/mol. The molecule has 0 bridgehead atoms. The van der Waals surface area contributed by atoms with E-state index < -0.39 is 17.3 Å². The van der Waals surface area contributed by atoms with Crippen molar-refractivity contribution in [3.8, 4) is 6.07 Å². The monoisotopic (exact) mass is 454 g/mol. The molecule has 0 aliphatic heterocycles. The van der Waals surface area contributed by atoms with E-state index in [1.807, 2.05) is 33.8 Å². The second kappa shape index (κ2) is 9.71. The summed E-state index contributed by atoms with van der Waals surface area (Å²) < 4.78 is 14.3. The first kappa shape index (κ1) is 24.4. The van der Waals surface area contributed by atoms with Gasteiger partial charge in [-0.3, -0.25) is 4.79 Å². The summed E-state index contributed by atoms with van der Waals surface area (Å²) in [6.07, 6.45) is 6.13. The number of primary amides is 1. The molecule has 1 saturated carbocycles. The van der Waals surface area contributed by atoms with Crippen molar-refractivity contribution in [2.45, 2.75) is 71.1 Å². The van der Waals surface area contributed by atoms with Gasteiger partial charge in [-0.15, -0.1) is 0 Å². The van der Waals surface area contributed by atoms with Gasteiger partial charge < -0.3 is 21.1 Å². The number of aromatic nitrogens is 2. The Hall–Kier alpha value is -3.25. The highest BCUT2D eigenvalue weighted by Crippen LogP contribution is 2.38. The summed E-state index contributed by atoms with van der Waals surface area (Å²) in [6, 6.07) is 4.84. The third-order valence-electron chi connectivity index (χ3n) is 6.29. The number of nitrogens with two attached hydrogens (primary N) is 1. The predicted molar refractivity (Wildman–Crippen MR) is 125 cm³/mol. The van der Waals surface area contributed by atoms with Crippen molar-refractivity contribution in [1.29, 1.82) is 5.26 Å². The van der Waals surface area contributed by atoms with Gasteiger partial charge in [0.2, 0.25) is 0 Å². The summed E-state index contributed by atoms with van der Waals surface area (Å²) in [4.78, 5) is 22.6. The van der Waals surface area contributed by atoms with E-state index in [2.05, 4.69) is 20.2 Å². The number of aliphatic hydroxyl groups is 1. The highest BCUT2D eigenvalue weighted by molar-refractivity contribution is 5.99. The third kappa shape index (κ3) is 5.57. The zero-order valence-corrected chi connectivity index (χ0v) is 19.5. The van der Waals surface area contributed by atoms with E-state index in [4.69, 9.17) is 11.0 Å². The van der Waals surface area contributed by atoms with Crippen molar-refractivity contribution in [2.75, 3.05) is 10.2 Å². The molecule has 0 saturated heterocycles. The Morgan fingerprint density at radius 1 is 1.27 bits per heavy atom. The molecule has 176 valence electrons. The molecule has 2 heterocycles. The number of hydrogen-bond acceptors (Lipinski definition) is 7. The summed E-state index contributed by atoms with van der Waals surface area (Å²) in [7, 11) is 0. The van der Waals surface area contributed by atoms with E-state index in [0.717, 1.165) is 31.7 Å². The Balaban J connectivity index is 1.93. The number of amides is 1. The Bertz CT molecular complexity index is 1050. The molecule has 9 heteroatoms. The standard InChI is InChI=1S/C24H31FN6O2/c1-14(2)31(17-7-5-16(6-8-17)24(3,4)33)20-10-21(28-13-18(20)22(27)32)30-23-19(25)9-15(11-26)12-29-23/h9-10,12-14,16-17,33H,5-8H2,1-4H3,(H2,27,32)(H,28,29,30). The lowest BCUT2D eigenvalue weighted by Gasteiger charge is -2.43. The van der Waals surface area contributed by atoms with E-state index in [1.165, 1.54) is 12.4 Å². The molecule has 2 aromatic heterocycles. The van der Waals surface area contributed by atoms with Gasteiger partial charge in [0.15, 0.2) is 11.6 Å². The number of anilines is 3. The van der Waals surface area contributed by atoms with Gasteiger partial charge in [-0.2, -0.15) is 5.26 Å². The van der Waals surface area contributed by atoms with Gasteiger partial charge in [-0.05, 0) is 65.4 Å². The summed E-state index contributed by atoms with van der Waals surface area (Å²) in [5.74, 6) is -0.814. The molecule has 1 aliphatic carbocycles. The first-order valence-electron chi connectivity index (χ1n) is 11.1. The van der Waals surface area contributed by atoms with Crippen LogP contribution in [0.3, 0.4) is 0 Å². The van der Waals surface area contributed by atoms with Crippen LogP contribution in [0.2, 0.25) is 0 Å². The van der Waals surface area contributed by atoms with Gasteiger partial charge in [-0.1, -0.05) is 0 Å². The van der Waals surface area contributed by atoms with Crippen LogP contribution in [0.15, 0.2) is 24.5 Å². The van der Waals surface area contributed by atoms with Crippen LogP contribution in [-0.4, -0.2) is 38.7 Å². The summed E-state index contributed by atoms with van der Waals surface area (Å²) in [6.45, 7) is 7.78. The molecule has 4 N–H and O–H groups in total. The number of pyridine rings is 2. The van der Waals surface area contributed by atoms with Gasteiger partial charge in [0.1, 0.15) is 11.9 Å².